The summed E-state index contributed by atoms with van der Waals surface area (Å²) in [6.07, 6.45) is 3.75. The lowest BCUT2D eigenvalue weighted by Crippen LogP contribution is -2.35. The first-order chi connectivity index (χ1) is 15.5. The van der Waals surface area contributed by atoms with Gasteiger partial charge in [0.25, 0.3) is 0 Å². The van der Waals surface area contributed by atoms with Crippen LogP contribution in [0.4, 0.5) is 0 Å². The van der Waals surface area contributed by atoms with Gasteiger partial charge in [-0.05, 0) is 72.3 Å². The highest BCUT2D eigenvalue weighted by Gasteiger charge is 2.28. The summed E-state index contributed by atoms with van der Waals surface area (Å²) in [6, 6.07) is 7.40. The number of ether oxygens (including phenoxy) is 2. The molecule has 32 heavy (non-hydrogen) atoms. The summed E-state index contributed by atoms with van der Waals surface area (Å²) < 4.78 is 10.5. The Kier molecular flexibility index (Phi) is 6.65. The number of nitrogens with zero attached hydrogens (tertiary/aromatic N) is 1. The van der Waals surface area contributed by atoms with Crippen molar-refractivity contribution in [2.45, 2.75) is 31.6 Å². The molecule has 2 aliphatic rings. The average Bonchev–Trinajstić information content (AvgIpc) is 2.93. The number of nitrogens with one attached hydrogen (secondary N) is 1. The van der Waals surface area contributed by atoms with Crippen LogP contribution >= 0.6 is 0 Å². The lowest BCUT2D eigenvalue weighted by Gasteiger charge is -2.31. The zero-order valence-corrected chi connectivity index (χ0v) is 18.6. The number of rotatable bonds is 9. The lowest BCUT2D eigenvalue weighted by atomic mass is 9.76. The van der Waals surface area contributed by atoms with Gasteiger partial charge in [0.05, 0.1) is 26.2 Å². The second-order valence-corrected chi connectivity index (χ2v) is 8.47. The smallest absolute Gasteiger partial charge is 0.227 e. The van der Waals surface area contributed by atoms with Crippen molar-refractivity contribution in [2.75, 3.05) is 40.4 Å². The number of amides is 1. The minimum absolute atomic E-state index is 0.113. The molecule has 0 bridgehead atoms. The highest BCUT2D eigenvalue weighted by atomic mass is 16.5. The normalized spacial score (nSPS) is 17.1. The highest BCUT2D eigenvalue weighted by Crippen LogP contribution is 2.38. The molecule has 1 aliphatic carbocycles. The SMILES string of the molecule is COc1cc2c(cc1O)CCN(CCCNC[C@H]1Cc3cc(C=O)c(OC)cc31)C(=O)C2. The molecule has 1 amide bonds. The van der Waals surface area contributed by atoms with Gasteiger partial charge in [-0.2, -0.15) is 0 Å². The topological polar surface area (TPSA) is 88.1 Å². The molecule has 1 heterocycles. The van der Waals surface area contributed by atoms with E-state index in [1.807, 2.05) is 17.0 Å². The summed E-state index contributed by atoms with van der Waals surface area (Å²) in [5, 5.41) is 13.5. The van der Waals surface area contributed by atoms with Crippen LogP contribution in [-0.2, 0) is 24.1 Å². The Hall–Kier alpha value is -3.06. The molecule has 7 heteroatoms. The Labute approximate surface area is 188 Å². The predicted octanol–water partition coefficient (Wildman–Crippen LogP) is 2.47. The quantitative estimate of drug-likeness (QED) is 0.462. The molecule has 2 aromatic rings. The number of benzene rings is 2. The Morgan fingerprint density at radius 2 is 1.94 bits per heavy atom. The van der Waals surface area contributed by atoms with Crippen LogP contribution in [0.2, 0.25) is 0 Å². The molecule has 0 radical (unpaired) electrons. The average molecular weight is 439 g/mol. The molecule has 1 atom stereocenters. The number of phenols is 1. The fourth-order valence-corrected chi connectivity index (χ4v) is 4.69. The lowest BCUT2D eigenvalue weighted by molar-refractivity contribution is -0.130. The number of fused-ring (bicyclic) bond motifs is 2. The summed E-state index contributed by atoms with van der Waals surface area (Å²) in [5.74, 6) is 1.70. The van der Waals surface area contributed by atoms with Crippen molar-refractivity contribution in [3.8, 4) is 17.2 Å². The number of methoxy groups -OCH3 is 2. The third-order valence-corrected chi connectivity index (χ3v) is 6.54. The molecule has 4 rings (SSSR count). The molecule has 0 unspecified atom stereocenters. The van der Waals surface area contributed by atoms with Crippen LogP contribution in [0.15, 0.2) is 24.3 Å². The maximum absolute atomic E-state index is 12.7. The Morgan fingerprint density at radius 3 is 2.69 bits per heavy atom. The van der Waals surface area contributed by atoms with Crippen LogP contribution in [0.5, 0.6) is 17.2 Å². The first kappa shape index (κ1) is 22.1. The number of aldehydes is 1. The van der Waals surface area contributed by atoms with Crippen molar-refractivity contribution in [1.29, 1.82) is 0 Å². The number of hydrogen-bond donors (Lipinski definition) is 2. The van der Waals surface area contributed by atoms with Gasteiger partial charge in [0, 0.05) is 25.6 Å². The van der Waals surface area contributed by atoms with Crippen molar-refractivity contribution in [3.05, 3.63) is 52.1 Å². The van der Waals surface area contributed by atoms with E-state index in [1.54, 1.807) is 19.2 Å². The molecule has 170 valence electrons. The van der Waals surface area contributed by atoms with E-state index in [-0.39, 0.29) is 11.7 Å². The second-order valence-electron chi connectivity index (χ2n) is 8.47. The van der Waals surface area contributed by atoms with Gasteiger partial charge in [0.2, 0.25) is 5.91 Å². The minimum Gasteiger partial charge on any atom is -0.504 e. The fourth-order valence-electron chi connectivity index (χ4n) is 4.69. The highest BCUT2D eigenvalue weighted by molar-refractivity contribution is 5.81. The summed E-state index contributed by atoms with van der Waals surface area (Å²) in [5.41, 5.74) is 5.02. The molecule has 0 saturated heterocycles. The number of carbonyl (C=O) groups excluding carboxylic acids is 2. The number of phenolic OH excluding ortho intramolecular Hbond substituents is 1. The van der Waals surface area contributed by atoms with Gasteiger partial charge in [0.15, 0.2) is 17.8 Å². The first-order valence-corrected chi connectivity index (χ1v) is 11.1. The number of carbonyl (C=O) groups is 2. The van der Waals surface area contributed by atoms with Crippen LogP contribution in [0.25, 0.3) is 0 Å². The second kappa shape index (κ2) is 9.61. The van der Waals surface area contributed by atoms with Crippen LogP contribution in [0.3, 0.4) is 0 Å². The molecule has 0 fully saturated rings. The molecular weight excluding hydrogens is 408 g/mol. The van der Waals surface area contributed by atoms with E-state index in [9.17, 15) is 14.7 Å². The summed E-state index contributed by atoms with van der Waals surface area (Å²) in [6.45, 7) is 3.07. The standard InChI is InChI=1S/C25H30N2O5/c1-31-23-13-21-18(9-20(23)15-28)8-19(21)14-26-5-3-6-27-7-4-16-10-22(29)24(32-2)11-17(16)12-25(27)30/h9-11,13,15,19,26,29H,3-8,12,14H2,1-2H3/t19-/m1/s1. The zero-order valence-electron chi connectivity index (χ0n) is 18.6. The van der Waals surface area contributed by atoms with Crippen LogP contribution in [0.1, 0.15) is 45.0 Å². The van der Waals surface area contributed by atoms with E-state index >= 15 is 0 Å². The van der Waals surface area contributed by atoms with Gasteiger partial charge in [-0.3, -0.25) is 9.59 Å². The van der Waals surface area contributed by atoms with Crippen molar-refractivity contribution in [1.82, 2.24) is 10.2 Å². The fraction of sp³-hybridized carbons (Fsp3) is 0.440. The van der Waals surface area contributed by atoms with E-state index in [4.69, 9.17) is 9.47 Å². The maximum Gasteiger partial charge on any atom is 0.227 e. The van der Waals surface area contributed by atoms with Gasteiger partial charge in [-0.1, -0.05) is 0 Å². The van der Waals surface area contributed by atoms with E-state index in [1.165, 1.54) is 18.2 Å². The third kappa shape index (κ3) is 4.43. The van der Waals surface area contributed by atoms with E-state index < -0.39 is 0 Å². The van der Waals surface area contributed by atoms with Crippen molar-refractivity contribution in [2.24, 2.45) is 0 Å². The van der Waals surface area contributed by atoms with Gasteiger partial charge >= 0.3 is 0 Å². The van der Waals surface area contributed by atoms with Gasteiger partial charge in [0.1, 0.15) is 5.75 Å². The number of hydrogen-bond acceptors (Lipinski definition) is 6. The molecule has 2 aromatic carbocycles. The van der Waals surface area contributed by atoms with Gasteiger partial charge < -0.3 is 24.8 Å². The maximum atomic E-state index is 12.7. The molecule has 0 aromatic heterocycles. The summed E-state index contributed by atoms with van der Waals surface area (Å²) in [4.78, 5) is 25.8. The number of aromatic hydroxyl groups is 1. The monoisotopic (exact) mass is 438 g/mol. The van der Waals surface area contributed by atoms with Crippen LogP contribution in [0, 0.1) is 0 Å². The summed E-state index contributed by atoms with van der Waals surface area (Å²) >= 11 is 0. The zero-order chi connectivity index (χ0) is 22.7. The van der Waals surface area contributed by atoms with Crippen molar-refractivity contribution >= 4 is 12.2 Å². The molecule has 1 aliphatic heterocycles. The Bertz CT molecular complexity index is 1020. The Morgan fingerprint density at radius 1 is 1.12 bits per heavy atom. The minimum atomic E-state index is 0.113. The van der Waals surface area contributed by atoms with Gasteiger partial charge in [-0.25, -0.2) is 0 Å². The van der Waals surface area contributed by atoms with Crippen LogP contribution < -0.4 is 14.8 Å². The molecule has 2 N–H and O–H groups in total. The molecule has 0 saturated carbocycles. The van der Waals surface area contributed by atoms with E-state index in [0.717, 1.165) is 49.8 Å². The molecular formula is C25H30N2O5. The first-order valence-electron chi connectivity index (χ1n) is 11.1. The molecule has 7 nitrogen and oxygen atoms in total. The third-order valence-electron chi connectivity index (χ3n) is 6.54. The Balaban J connectivity index is 1.24. The van der Waals surface area contributed by atoms with Crippen molar-refractivity contribution < 1.29 is 24.2 Å². The van der Waals surface area contributed by atoms with E-state index in [2.05, 4.69) is 5.32 Å². The predicted molar refractivity (Wildman–Crippen MR) is 121 cm³/mol. The van der Waals surface area contributed by atoms with Gasteiger partial charge in [-0.15, -0.1) is 0 Å². The summed E-state index contributed by atoms with van der Waals surface area (Å²) in [7, 11) is 3.10. The van der Waals surface area contributed by atoms with Crippen LogP contribution in [-0.4, -0.2) is 62.6 Å². The molecule has 0 spiro atoms. The largest absolute Gasteiger partial charge is 0.504 e. The van der Waals surface area contributed by atoms with E-state index in [0.29, 0.717) is 42.5 Å². The van der Waals surface area contributed by atoms with Crippen molar-refractivity contribution in [3.63, 3.8) is 0 Å².